The van der Waals surface area contributed by atoms with E-state index in [0.29, 0.717) is 67.7 Å². The van der Waals surface area contributed by atoms with Crippen LogP contribution in [0.2, 0.25) is 10.0 Å². The molecule has 0 aliphatic carbocycles. The van der Waals surface area contributed by atoms with Crippen LogP contribution < -0.4 is 11.9 Å². The van der Waals surface area contributed by atoms with E-state index < -0.39 is 34.9 Å². The number of nitrogens with zero attached hydrogens (tertiary/aromatic N) is 8. The molecule has 0 radical (unpaired) electrons. The van der Waals surface area contributed by atoms with Gasteiger partial charge < -0.3 is 36.6 Å². The van der Waals surface area contributed by atoms with Crippen molar-refractivity contribution >= 4 is 69.0 Å². The van der Waals surface area contributed by atoms with Crippen LogP contribution in [0.25, 0.3) is 33.4 Å². The number of primary amides is 1. The molecule has 0 saturated carbocycles. The third-order valence-corrected chi connectivity index (χ3v) is 10.0. The van der Waals surface area contributed by atoms with Crippen LogP contribution in [0.5, 0.6) is 0 Å². The van der Waals surface area contributed by atoms with Gasteiger partial charge >= 0.3 is 5.97 Å². The lowest BCUT2D eigenvalue weighted by atomic mass is 10.0. The molecule has 60 heavy (non-hydrogen) atoms. The summed E-state index contributed by atoms with van der Waals surface area (Å²) in [5.41, 5.74) is 5.10. The molecule has 0 unspecified atom stereocenters. The van der Waals surface area contributed by atoms with E-state index in [9.17, 15) is 29.4 Å². The van der Waals surface area contributed by atoms with Crippen molar-refractivity contribution in [2.24, 2.45) is 5.73 Å². The molecule has 2 fully saturated rings. The lowest BCUT2D eigenvalue weighted by Crippen LogP contribution is -2.37. The van der Waals surface area contributed by atoms with Crippen LogP contribution in [0, 0.1) is 23.7 Å². The van der Waals surface area contributed by atoms with Crippen molar-refractivity contribution < 1.29 is 34.1 Å². The molecule has 4 aromatic heterocycles. The first-order valence-corrected chi connectivity index (χ1v) is 18.6. The van der Waals surface area contributed by atoms with Crippen LogP contribution in [0.1, 0.15) is 44.9 Å². The van der Waals surface area contributed by atoms with Gasteiger partial charge in [0.2, 0.25) is 11.2 Å². The summed E-state index contributed by atoms with van der Waals surface area (Å²) in [5.74, 6) is 8.86. The zero-order valence-electron chi connectivity index (χ0n) is 32.3. The highest BCUT2D eigenvalue weighted by Crippen LogP contribution is 2.27. The van der Waals surface area contributed by atoms with Crippen LogP contribution in [0.15, 0.2) is 73.1 Å². The first kappa shape index (κ1) is 42.7. The zero-order valence-corrected chi connectivity index (χ0v) is 33.8. The number of fused-ring (bicyclic) bond motifs is 2. The standard InChI is InChI=1S/C21H17ClN4O4.C20H16ClN5O3.H3N/c1-25-9-7-21(29,20(25)28)6-5-13-10-14(22)12-15(11-13)26-18-16(4-3-8-23-18)17(24-26)19(27)30-2;1-25-8-6-20(29,19(25)28)5-4-12-9-13(21)11-14(10-12)26-18-15(3-2-7-23-18)16(24-26)17(22)27;/h3-4,8,10-12,29H,7,9H2,1-2H3;2-3,7,9-11,29H,6,8H2,1H3,(H2,22,27);1H3/t21-;20-;/m00./s1. The number of carbonyl (C=O) groups excluding carboxylic acids is 4. The number of likely N-dealkylation sites (tertiary alicyclic amines) is 2. The van der Waals surface area contributed by atoms with E-state index in [1.54, 1.807) is 87.2 Å². The average Bonchev–Trinajstić information content (AvgIpc) is 3.95. The third-order valence-electron chi connectivity index (χ3n) is 9.60. The number of aliphatic hydroxyl groups is 2. The van der Waals surface area contributed by atoms with E-state index in [0.717, 1.165) is 0 Å². The maximum atomic E-state index is 12.1. The summed E-state index contributed by atoms with van der Waals surface area (Å²) in [7, 11) is 4.52. The first-order chi connectivity index (χ1) is 28.1. The SMILES string of the molecule is CN1CC[C@@](O)(C#Cc2cc(Cl)cc(-n3nc(C(N)=O)c4cccnc43)c2)C1=O.COC(=O)c1nn(-c2cc(Cl)cc(C#C[C@]3(O)CCN(C)C3=O)c2)c2ncccc12.N. The summed E-state index contributed by atoms with van der Waals surface area (Å²) in [6.45, 7) is 0.873. The number of likely N-dealkylation sites (N-methyl/N-ethyl adjacent to an activating group) is 2. The fourth-order valence-electron chi connectivity index (χ4n) is 6.52. The molecule has 19 heteroatoms. The van der Waals surface area contributed by atoms with Gasteiger partial charge in [0.25, 0.3) is 17.7 Å². The molecule has 8 rings (SSSR count). The lowest BCUT2D eigenvalue weighted by Gasteiger charge is -2.13. The van der Waals surface area contributed by atoms with Crippen molar-refractivity contribution in [1.82, 2.24) is 45.5 Å². The van der Waals surface area contributed by atoms with Gasteiger partial charge in [0.1, 0.15) is 0 Å². The molecule has 2 saturated heterocycles. The first-order valence-electron chi connectivity index (χ1n) is 17.8. The number of hydrogen-bond acceptors (Lipinski definition) is 12. The number of aromatic nitrogens is 6. The Bertz CT molecular complexity index is 2860. The number of nitrogens with two attached hydrogens (primary N) is 1. The Hall–Kier alpha value is -6.86. The van der Waals surface area contributed by atoms with Crippen LogP contribution in [-0.2, 0) is 14.3 Å². The maximum absolute atomic E-state index is 12.1. The lowest BCUT2D eigenvalue weighted by molar-refractivity contribution is -0.138. The molecule has 2 aliphatic rings. The highest BCUT2D eigenvalue weighted by atomic mass is 35.5. The van der Waals surface area contributed by atoms with Crippen molar-refractivity contribution in [3.8, 4) is 35.1 Å². The minimum atomic E-state index is -1.71. The number of pyridine rings is 2. The quantitative estimate of drug-likeness (QED) is 0.148. The average molecular weight is 852 g/mol. The van der Waals surface area contributed by atoms with Crippen molar-refractivity contribution in [3.05, 3.63) is 106 Å². The predicted molar refractivity (Wildman–Crippen MR) is 221 cm³/mol. The van der Waals surface area contributed by atoms with Gasteiger partial charge in [-0.05, 0) is 60.7 Å². The van der Waals surface area contributed by atoms with Gasteiger partial charge in [0.15, 0.2) is 22.7 Å². The molecular formula is C41H36Cl2N10O7. The number of ether oxygens (including phenoxy) is 1. The van der Waals surface area contributed by atoms with Gasteiger partial charge in [-0.2, -0.15) is 10.2 Å². The highest BCUT2D eigenvalue weighted by Gasteiger charge is 2.43. The Balaban J connectivity index is 0.000000198. The number of hydrogen-bond donors (Lipinski definition) is 4. The second kappa shape index (κ2) is 16.8. The molecule has 2 aliphatic heterocycles. The molecule has 0 bridgehead atoms. The number of methoxy groups -OCH3 is 1. The topological polar surface area (TPSA) is 247 Å². The van der Waals surface area contributed by atoms with Gasteiger partial charge in [-0.3, -0.25) is 14.4 Å². The summed E-state index contributed by atoms with van der Waals surface area (Å²) < 4.78 is 7.74. The molecular weight excluding hydrogens is 815 g/mol. The summed E-state index contributed by atoms with van der Waals surface area (Å²) in [5, 5.41) is 31.4. The number of halogens is 2. The summed E-state index contributed by atoms with van der Waals surface area (Å²) >= 11 is 12.5. The maximum Gasteiger partial charge on any atom is 0.359 e. The monoisotopic (exact) mass is 850 g/mol. The van der Waals surface area contributed by atoms with Crippen LogP contribution in [0.3, 0.4) is 0 Å². The smallest absolute Gasteiger partial charge is 0.359 e. The number of esters is 1. The van der Waals surface area contributed by atoms with Crippen molar-refractivity contribution in [1.29, 1.82) is 0 Å². The van der Waals surface area contributed by atoms with E-state index in [1.807, 2.05) is 0 Å². The molecule has 17 nitrogen and oxygen atoms in total. The molecule has 7 N–H and O–H groups in total. The number of amides is 3. The molecule has 6 aromatic rings. The summed E-state index contributed by atoms with van der Waals surface area (Å²) in [6.07, 6.45) is 3.64. The fraction of sp³-hybridized carbons (Fsp3) is 0.220. The fourth-order valence-corrected chi connectivity index (χ4v) is 6.98. The van der Waals surface area contributed by atoms with E-state index in [1.165, 1.54) is 26.3 Å². The Morgan fingerprint density at radius 2 is 1.18 bits per heavy atom. The van der Waals surface area contributed by atoms with Gasteiger partial charge in [-0.25, -0.2) is 24.1 Å². The Morgan fingerprint density at radius 1 is 0.750 bits per heavy atom. The minimum absolute atomic E-state index is 0. The van der Waals surface area contributed by atoms with Gasteiger partial charge in [-0.1, -0.05) is 46.9 Å². The van der Waals surface area contributed by atoms with Crippen LogP contribution in [-0.4, -0.2) is 119 Å². The number of rotatable bonds is 4. The van der Waals surface area contributed by atoms with Gasteiger partial charge in [0, 0.05) is 73.6 Å². The van der Waals surface area contributed by atoms with Crippen LogP contribution >= 0.6 is 23.2 Å². The van der Waals surface area contributed by atoms with Crippen molar-refractivity contribution in [3.63, 3.8) is 0 Å². The van der Waals surface area contributed by atoms with E-state index >= 15 is 0 Å². The second-order valence-corrected chi connectivity index (χ2v) is 14.6. The van der Waals surface area contributed by atoms with Gasteiger partial charge in [-0.15, -0.1) is 0 Å². The second-order valence-electron chi connectivity index (χ2n) is 13.7. The van der Waals surface area contributed by atoms with Gasteiger partial charge in [0.05, 0.1) is 29.3 Å². The number of benzene rings is 2. The Morgan fingerprint density at radius 3 is 1.58 bits per heavy atom. The number of carbonyl (C=O) groups is 4. The summed E-state index contributed by atoms with van der Waals surface area (Å²) in [6, 6.07) is 16.7. The Kier molecular flexibility index (Phi) is 12.0. The third kappa shape index (κ3) is 8.21. The zero-order chi connectivity index (χ0) is 42.2. The van der Waals surface area contributed by atoms with Crippen LogP contribution in [0.4, 0.5) is 0 Å². The minimum Gasteiger partial charge on any atom is -0.464 e. The molecule has 306 valence electrons. The predicted octanol–water partition coefficient (Wildman–Crippen LogP) is 3.08. The normalized spacial score (nSPS) is 18.2. The molecule has 3 amide bonds. The van der Waals surface area contributed by atoms with E-state index in [2.05, 4.69) is 43.8 Å². The molecule has 2 aromatic carbocycles. The van der Waals surface area contributed by atoms with E-state index in [-0.39, 0.29) is 30.4 Å². The highest BCUT2D eigenvalue weighted by molar-refractivity contribution is 6.31. The molecule has 0 spiro atoms. The van der Waals surface area contributed by atoms with Crippen molar-refractivity contribution in [2.75, 3.05) is 34.3 Å². The largest absolute Gasteiger partial charge is 0.464 e. The van der Waals surface area contributed by atoms with Crippen molar-refractivity contribution in [2.45, 2.75) is 24.0 Å². The van der Waals surface area contributed by atoms with E-state index in [4.69, 9.17) is 33.7 Å². The molecule has 2 atom stereocenters. The molecule has 6 heterocycles. The summed E-state index contributed by atoms with van der Waals surface area (Å²) in [4.78, 5) is 59.5. The Labute approximate surface area is 352 Å².